The first-order valence-corrected chi connectivity index (χ1v) is 7.40. The topological polar surface area (TPSA) is 56.8 Å². The van der Waals surface area contributed by atoms with Crippen LogP contribution < -0.4 is 19.5 Å². The highest BCUT2D eigenvalue weighted by molar-refractivity contribution is 5.92. The average Bonchev–Trinajstić information content (AvgIpc) is 2.56. The van der Waals surface area contributed by atoms with Crippen LogP contribution in [0.2, 0.25) is 0 Å². The molecule has 0 aliphatic rings. The molecule has 0 aliphatic heterocycles. The van der Waals surface area contributed by atoms with E-state index in [2.05, 4.69) is 5.32 Å². The number of hydrogen-bond acceptors (Lipinski definition) is 4. The molecular formula is C18H21NO4. The van der Waals surface area contributed by atoms with Gasteiger partial charge in [-0.25, -0.2) is 0 Å². The molecule has 2 rings (SSSR count). The first-order valence-electron chi connectivity index (χ1n) is 7.40. The molecule has 0 unspecified atom stereocenters. The zero-order valence-electron chi connectivity index (χ0n) is 13.6. The van der Waals surface area contributed by atoms with Gasteiger partial charge in [-0.2, -0.15) is 0 Å². The minimum Gasteiger partial charge on any atom is -0.494 e. The van der Waals surface area contributed by atoms with Crippen LogP contribution in [0.3, 0.4) is 0 Å². The predicted octanol–water partition coefficient (Wildman–Crippen LogP) is 3.28. The maximum Gasteiger partial charge on any atom is 0.228 e. The summed E-state index contributed by atoms with van der Waals surface area (Å²) in [6.07, 6.45) is 0.258. The van der Waals surface area contributed by atoms with Gasteiger partial charge in [0.1, 0.15) is 5.75 Å². The number of rotatable bonds is 7. The summed E-state index contributed by atoms with van der Waals surface area (Å²) in [5.41, 5.74) is 1.59. The van der Waals surface area contributed by atoms with E-state index in [0.717, 1.165) is 17.0 Å². The van der Waals surface area contributed by atoms with Crippen molar-refractivity contribution >= 4 is 11.6 Å². The third-order valence-electron chi connectivity index (χ3n) is 3.26. The molecule has 0 aliphatic carbocycles. The number of amides is 1. The van der Waals surface area contributed by atoms with Crippen molar-refractivity contribution in [3.05, 3.63) is 48.0 Å². The van der Waals surface area contributed by atoms with Crippen molar-refractivity contribution in [3.8, 4) is 17.2 Å². The lowest BCUT2D eigenvalue weighted by Gasteiger charge is -2.10. The molecule has 122 valence electrons. The van der Waals surface area contributed by atoms with Gasteiger partial charge < -0.3 is 19.5 Å². The summed E-state index contributed by atoms with van der Waals surface area (Å²) < 4.78 is 15.8. The van der Waals surface area contributed by atoms with Crippen molar-refractivity contribution in [3.63, 3.8) is 0 Å². The number of ether oxygens (including phenoxy) is 3. The lowest BCUT2D eigenvalue weighted by atomic mass is 10.1. The monoisotopic (exact) mass is 315 g/mol. The summed E-state index contributed by atoms with van der Waals surface area (Å²) >= 11 is 0. The minimum atomic E-state index is -0.0959. The van der Waals surface area contributed by atoms with Gasteiger partial charge in [-0.05, 0) is 48.9 Å². The molecular weight excluding hydrogens is 294 g/mol. The van der Waals surface area contributed by atoms with E-state index in [4.69, 9.17) is 14.2 Å². The second kappa shape index (κ2) is 8.08. The van der Waals surface area contributed by atoms with E-state index < -0.39 is 0 Å². The van der Waals surface area contributed by atoms with E-state index in [-0.39, 0.29) is 12.3 Å². The van der Waals surface area contributed by atoms with Crippen LogP contribution >= 0.6 is 0 Å². The van der Waals surface area contributed by atoms with Crippen molar-refractivity contribution in [1.29, 1.82) is 0 Å². The van der Waals surface area contributed by atoms with Crippen LogP contribution in [0.1, 0.15) is 12.5 Å². The van der Waals surface area contributed by atoms with Crippen LogP contribution in [0.25, 0.3) is 0 Å². The van der Waals surface area contributed by atoms with Gasteiger partial charge in [-0.1, -0.05) is 6.07 Å². The first kappa shape index (κ1) is 16.7. The van der Waals surface area contributed by atoms with Crippen LogP contribution in [-0.4, -0.2) is 26.7 Å². The van der Waals surface area contributed by atoms with E-state index in [1.165, 1.54) is 0 Å². The molecule has 0 bridgehead atoms. The highest BCUT2D eigenvalue weighted by Crippen LogP contribution is 2.27. The molecule has 1 amide bonds. The van der Waals surface area contributed by atoms with Crippen molar-refractivity contribution in [2.24, 2.45) is 0 Å². The smallest absolute Gasteiger partial charge is 0.228 e. The summed E-state index contributed by atoms with van der Waals surface area (Å²) in [6.45, 7) is 2.55. The van der Waals surface area contributed by atoms with Crippen LogP contribution in [0.15, 0.2) is 42.5 Å². The molecule has 0 fully saturated rings. The van der Waals surface area contributed by atoms with Crippen molar-refractivity contribution in [1.82, 2.24) is 0 Å². The van der Waals surface area contributed by atoms with Gasteiger partial charge >= 0.3 is 0 Å². The second-order valence-electron chi connectivity index (χ2n) is 4.87. The Kier molecular flexibility index (Phi) is 5.86. The van der Waals surface area contributed by atoms with Gasteiger partial charge in [0.05, 0.1) is 27.2 Å². The Bertz CT molecular complexity index is 653. The Labute approximate surface area is 136 Å². The molecule has 0 spiro atoms. The molecule has 0 saturated carbocycles. The maximum atomic E-state index is 12.1. The van der Waals surface area contributed by atoms with Gasteiger partial charge in [0.15, 0.2) is 11.5 Å². The molecule has 0 radical (unpaired) electrons. The molecule has 0 aromatic heterocycles. The molecule has 2 aromatic carbocycles. The fraction of sp³-hybridized carbons (Fsp3) is 0.278. The average molecular weight is 315 g/mol. The van der Waals surface area contributed by atoms with E-state index in [9.17, 15) is 4.79 Å². The fourth-order valence-corrected chi connectivity index (χ4v) is 2.18. The first-order chi connectivity index (χ1) is 11.2. The third-order valence-corrected chi connectivity index (χ3v) is 3.26. The Hall–Kier alpha value is -2.69. The minimum absolute atomic E-state index is 0.0959. The lowest BCUT2D eigenvalue weighted by Crippen LogP contribution is -2.14. The fourth-order valence-electron chi connectivity index (χ4n) is 2.18. The normalized spacial score (nSPS) is 10.0. The van der Waals surface area contributed by atoms with Gasteiger partial charge in [0, 0.05) is 5.69 Å². The maximum absolute atomic E-state index is 12.1. The Morgan fingerprint density at radius 1 is 1.00 bits per heavy atom. The summed E-state index contributed by atoms with van der Waals surface area (Å²) in [6, 6.07) is 12.7. The number of carbonyl (C=O) groups is 1. The van der Waals surface area contributed by atoms with E-state index in [0.29, 0.717) is 18.1 Å². The zero-order chi connectivity index (χ0) is 16.7. The number of nitrogens with one attached hydrogen (secondary N) is 1. The quantitative estimate of drug-likeness (QED) is 0.852. The van der Waals surface area contributed by atoms with Crippen molar-refractivity contribution in [2.45, 2.75) is 13.3 Å². The molecule has 5 nitrogen and oxygen atoms in total. The standard InChI is InChI=1S/C18H21NO4/c1-4-23-15-8-6-14(7-9-15)19-18(20)12-13-5-10-16(21-2)17(11-13)22-3/h5-11H,4,12H2,1-3H3,(H,19,20). The van der Waals surface area contributed by atoms with Crippen LogP contribution in [0.4, 0.5) is 5.69 Å². The Morgan fingerprint density at radius 2 is 1.70 bits per heavy atom. The molecule has 0 atom stereocenters. The zero-order valence-corrected chi connectivity index (χ0v) is 13.6. The number of carbonyl (C=O) groups excluding carboxylic acids is 1. The van der Waals surface area contributed by atoms with Crippen LogP contribution in [0, 0.1) is 0 Å². The molecule has 0 heterocycles. The number of hydrogen-bond donors (Lipinski definition) is 1. The van der Waals surface area contributed by atoms with Crippen molar-refractivity contribution < 1.29 is 19.0 Å². The summed E-state index contributed by atoms with van der Waals surface area (Å²) in [4.78, 5) is 12.1. The largest absolute Gasteiger partial charge is 0.494 e. The molecule has 23 heavy (non-hydrogen) atoms. The van der Waals surface area contributed by atoms with Crippen LogP contribution in [-0.2, 0) is 11.2 Å². The molecule has 2 aromatic rings. The van der Waals surface area contributed by atoms with Gasteiger partial charge in [-0.3, -0.25) is 4.79 Å². The highest BCUT2D eigenvalue weighted by Gasteiger charge is 2.08. The molecule has 1 N–H and O–H groups in total. The Morgan fingerprint density at radius 3 is 2.30 bits per heavy atom. The summed E-state index contributed by atoms with van der Waals surface area (Å²) in [5, 5.41) is 2.86. The second-order valence-corrected chi connectivity index (χ2v) is 4.87. The number of benzene rings is 2. The van der Waals surface area contributed by atoms with E-state index in [1.54, 1.807) is 26.4 Å². The summed E-state index contributed by atoms with van der Waals surface area (Å²) in [7, 11) is 3.15. The third kappa shape index (κ3) is 4.64. The Balaban J connectivity index is 1.99. The molecule has 0 saturated heterocycles. The predicted molar refractivity (Wildman–Crippen MR) is 89.5 cm³/mol. The number of anilines is 1. The van der Waals surface area contributed by atoms with Gasteiger partial charge in [-0.15, -0.1) is 0 Å². The van der Waals surface area contributed by atoms with E-state index in [1.807, 2.05) is 37.3 Å². The molecule has 5 heteroatoms. The van der Waals surface area contributed by atoms with Crippen LogP contribution in [0.5, 0.6) is 17.2 Å². The highest BCUT2D eigenvalue weighted by atomic mass is 16.5. The van der Waals surface area contributed by atoms with Gasteiger partial charge in [0.25, 0.3) is 0 Å². The van der Waals surface area contributed by atoms with Crippen molar-refractivity contribution in [2.75, 3.05) is 26.1 Å². The van der Waals surface area contributed by atoms with Gasteiger partial charge in [0.2, 0.25) is 5.91 Å². The summed E-state index contributed by atoms with van der Waals surface area (Å²) in [5.74, 6) is 1.94. The van der Waals surface area contributed by atoms with E-state index >= 15 is 0 Å². The lowest BCUT2D eigenvalue weighted by molar-refractivity contribution is -0.115. The SMILES string of the molecule is CCOc1ccc(NC(=O)Cc2ccc(OC)c(OC)c2)cc1. The number of methoxy groups -OCH3 is 2.